The lowest BCUT2D eigenvalue weighted by atomic mass is 10.0. The Bertz CT molecular complexity index is 1110. The van der Waals surface area contributed by atoms with E-state index >= 15 is 0 Å². The fourth-order valence-corrected chi connectivity index (χ4v) is 4.26. The van der Waals surface area contributed by atoms with Gasteiger partial charge in [0.2, 0.25) is 0 Å². The minimum atomic E-state index is -0.571. The summed E-state index contributed by atoms with van der Waals surface area (Å²) in [5.41, 5.74) is 0.275. The average molecular weight is 444 g/mol. The molecule has 2 atom stereocenters. The summed E-state index contributed by atoms with van der Waals surface area (Å²) in [6.07, 6.45) is 1.31. The fourth-order valence-electron chi connectivity index (χ4n) is 4.26. The Labute approximate surface area is 188 Å². The van der Waals surface area contributed by atoms with Crippen molar-refractivity contribution in [1.29, 1.82) is 5.26 Å². The second kappa shape index (κ2) is 8.81. The molecule has 1 amide bonds. The number of piperazine rings is 1. The molecule has 32 heavy (non-hydrogen) atoms. The van der Waals surface area contributed by atoms with Gasteiger partial charge in [-0.15, -0.1) is 0 Å². The maximum absolute atomic E-state index is 12.9. The molecule has 0 unspecified atom stereocenters. The number of anilines is 1. The highest BCUT2D eigenvalue weighted by atomic mass is 16.6. The van der Waals surface area contributed by atoms with Crippen LogP contribution in [-0.2, 0) is 25.3 Å². The third kappa shape index (κ3) is 4.29. The highest BCUT2D eigenvalue weighted by molar-refractivity contribution is 5.85. The highest BCUT2D eigenvalue weighted by Gasteiger charge is 2.38. The number of aromatic nitrogens is 4. The Balaban J connectivity index is 2.07. The molecule has 0 spiro atoms. The summed E-state index contributed by atoms with van der Waals surface area (Å²) < 4.78 is 8.89. The molecule has 0 bridgehead atoms. The van der Waals surface area contributed by atoms with Crippen LogP contribution in [0.5, 0.6) is 0 Å². The number of hydrogen-bond acceptors (Lipinski definition) is 7. The lowest BCUT2D eigenvalue weighted by Gasteiger charge is -2.46. The third-order valence-electron chi connectivity index (χ3n) is 5.95. The van der Waals surface area contributed by atoms with Crippen LogP contribution < -0.4 is 10.6 Å². The molecule has 3 rings (SSSR count). The Morgan fingerprint density at radius 3 is 2.34 bits per heavy atom. The predicted octanol–water partition coefficient (Wildman–Crippen LogP) is 2.35. The molecular weight excluding hydrogens is 410 g/mol. The van der Waals surface area contributed by atoms with Gasteiger partial charge in [-0.1, -0.05) is 13.8 Å². The quantitative estimate of drug-likeness (QED) is 0.713. The monoisotopic (exact) mass is 443 g/mol. The van der Waals surface area contributed by atoms with E-state index in [1.807, 2.05) is 27.7 Å². The average Bonchev–Trinajstić information content (AvgIpc) is 3.05. The zero-order chi connectivity index (χ0) is 23.8. The van der Waals surface area contributed by atoms with Gasteiger partial charge in [0, 0.05) is 33.2 Å². The number of rotatable bonds is 4. The Morgan fingerprint density at radius 1 is 1.12 bits per heavy atom. The lowest BCUT2D eigenvalue weighted by Crippen LogP contribution is -2.60. The van der Waals surface area contributed by atoms with Crippen LogP contribution in [-0.4, -0.2) is 60.9 Å². The maximum atomic E-state index is 12.9. The van der Waals surface area contributed by atoms with Gasteiger partial charge >= 0.3 is 11.8 Å². The standard InChI is InChI=1S/C22H33N7O3/c1-8-14-13-29(21(31)32-22(3,4)5)15(9-2)12-28(14)18-17-19(27(7)20(30)25-18)26(6)16(24-17)10-11-23/h14-15H,8-10,12-13H2,1-7H3/t14-,15+/m0/s1. The number of imidazole rings is 1. The van der Waals surface area contributed by atoms with Crippen molar-refractivity contribution in [3.8, 4) is 6.07 Å². The van der Waals surface area contributed by atoms with Gasteiger partial charge in [-0.3, -0.25) is 4.57 Å². The number of carbonyl (C=O) groups is 1. The minimum absolute atomic E-state index is 0.0467. The molecule has 1 fully saturated rings. The van der Waals surface area contributed by atoms with Gasteiger partial charge in [-0.05, 0) is 33.6 Å². The summed E-state index contributed by atoms with van der Waals surface area (Å²) in [7, 11) is 3.46. The molecule has 10 heteroatoms. The maximum Gasteiger partial charge on any atom is 0.410 e. The molecule has 1 saturated heterocycles. The van der Waals surface area contributed by atoms with E-state index in [0.717, 1.165) is 12.8 Å². The molecule has 0 radical (unpaired) electrons. The van der Waals surface area contributed by atoms with Gasteiger partial charge in [0.05, 0.1) is 18.5 Å². The summed E-state index contributed by atoms with van der Waals surface area (Å²) in [4.78, 5) is 38.6. The SMILES string of the molecule is CC[C@@H]1CN(c2nc(=O)n(C)c3c2nc(CC#N)n3C)[C@@H](CC)CN1C(=O)OC(C)(C)C. The van der Waals surface area contributed by atoms with Gasteiger partial charge in [0.25, 0.3) is 0 Å². The molecule has 1 aliphatic heterocycles. The number of carbonyl (C=O) groups excluding carboxylic acids is 1. The summed E-state index contributed by atoms with van der Waals surface area (Å²) in [5, 5.41) is 9.17. The van der Waals surface area contributed by atoms with Crippen molar-refractivity contribution in [3.05, 3.63) is 16.3 Å². The van der Waals surface area contributed by atoms with E-state index in [-0.39, 0.29) is 30.3 Å². The first-order valence-corrected chi connectivity index (χ1v) is 11.1. The zero-order valence-corrected chi connectivity index (χ0v) is 20.0. The molecule has 0 saturated carbocycles. The smallest absolute Gasteiger partial charge is 0.410 e. The molecule has 2 aromatic heterocycles. The van der Waals surface area contributed by atoms with Gasteiger partial charge in [0.1, 0.15) is 22.6 Å². The Morgan fingerprint density at radius 2 is 1.78 bits per heavy atom. The van der Waals surface area contributed by atoms with Crippen molar-refractivity contribution in [3.63, 3.8) is 0 Å². The first-order valence-electron chi connectivity index (χ1n) is 11.1. The molecular formula is C22H33N7O3. The van der Waals surface area contributed by atoms with E-state index in [2.05, 4.69) is 27.9 Å². The molecule has 2 aromatic rings. The van der Waals surface area contributed by atoms with E-state index in [4.69, 9.17) is 4.74 Å². The van der Waals surface area contributed by atoms with Crippen LogP contribution in [0.2, 0.25) is 0 Å². The van der Waals surface area contributed by atoms with Crippen molar-refractivity contribution >= 4 is 23.1 Å². The normalized spacial score (nSPS) is 19.3. The Hall–Kier alpha value is -3.09. The van der Waals surface area contributed by atoms with Crippen molar-refractivity contribution in [2.24, 2.45) is 14.1 Å². The molecule has 1 aliphatic rings. The number of fused-ring (bicyclic) bond motifs is 1. The first-order chi connectivity index (χ1) is 15.0. The van der Waals surface area contributed by atoms with Gasteiger partial charge in [0.15, 0.2) is 5.82 Å². The largest absolute Gasteiger partial charge is 0.444 e. The van der Waals surface area contributed by atoms with Crippen molar-refractivity contribution in [2.45, 2.75) is 71.6 Å². The van der Waals surface area contributed by atoms with E-state index in [0.29, 0.717) is 35.9 Å². The van der Waals surface area contributed by atoms with Crippen molar-refractivity contribution in [2.75, 3.05) is 18.0 Å². The van der Waals surface area contributed by atoms with Crippen LogP contribution >= 0.6 is 0 Å². The Kier molecular flexibility index (Phi) is 6.49. The third-order valence-corrected chi connectivity index (χ3v) is 5.95. The van der Waals surface area contributed by atoms with Crippen LogP contribution in [0.4, 0.5) is 10.6 Å². The van der Waals surface area contributed by atoms with E-state index < -0.39 is 5.60 Å². The van der Waals surface area contributed by atoms with E-state index in [9.17, 15) is 14.9 Å². The van der Waals surface area contributed by atoms with Crippen LogP contribution in [0.3, 0.4) is 0 Å². The number of amides is 1. The van der Waals surface area contributed by atoms with Crippen LogP contribution in [0.25, 0.3) is 11.2 Å². The van der Waals surface area contributed by atoms with Crippen molar-refractivity contribution < 1.29 is 9.53 Å². The second-order valence-electron chi connectivity index (χ2n) is 9.28. The molecule has 0 aliphatic carbocycles. The number of nitrogens with zero attached hydrogens (tertiary/aromatic N) is 7. The summed E-state index contributed by atoms with van der Waals surface area (Å²) in [6, 6.07) is 2.00. The van der Waals surface area contributed by atoms with Gasteiger partial charge in [-0.2, -0.15) is 10.2 Å². The van der Waals surface area contributed by atoms with Gasteiger partial charge in [-0.25, -0.2) is 14.6 Å². The molecule has 0 aromatic carbocycles. The second-order valence-corrected chi connectivity index (χ2v) is 9.28. The lowest BCUT2D eigenvalue weighted by molar-refractivity contribution is 0.00983. The van der Waals surface area contributed by atoms with Crippen LogP contribution in [0.1, 0.15) is 53.3 Å². The van der Waals surface area contributed by atoms with Crippen LogP contribution in [0.15, 0.2) is 4.79 Å². The topological polar surface area (TPSA) is 109 Å². The molecule has 3 heterocycles. The summed E-state index contributed by atoms with van der Waals surface area (Å²) >= 11 is 0. The molecule has 10 nitrogen and oxygen atoms in total. The minimum Gasteiger partial charge on any atom is -0.444 e. The van der Waals surface area contributed by atoms with Crippen LogP contribution in [0, 0.1) is 11.3 Å². The zero-order valence-electron chi connectivity index (χ0n) is 20.0. The van der Waals surface area contributed by atoms with Gasteiger partial charge < -0.3 is 19.1 Å². The molecule has 0 N–H and O–H groups in total. The predicted molar refractivity (Wildman–Crippen MR) is 122 cm³/mol. The summed E-state index contributed by atoms with van der Waals surface area (Å²) in [6.45, 7) is 10.7. The van der Waals surface area contributed by atoms with E-state index in [1.165, 1.54) is 4.57 Å². The number of hydrogen-bond donors (Lipinski definition) is 0. The number of aryl methyl sites for hydroxylation is 2. The van der Waals surface area contributed by atoms with Crippen molar-refractivity contribution in [1.82, 2.24) is 24.0 Å². The highest BCUT2D eigenvalue weighted by Crippen LogP contribution is 2.30. The number of nitriles is 1. The van der Waals surface area contributed by atoms with E-state index in [1.54, 1.807) is 23.6 Å². The summed E-state index contributed by atoms with van der Waals surface area (Å²) in [5.74, 6) is 1.09. The molecule has 174 valence electrons. The first kappa shape index (κ1) is 23.6. The number of ether oxygens (including phenoxy) is 1. The fraction of sp³-hybridized carbons (Fsp3) is 0.682.